The summed E-state index contributed by atoms with van der Waals surface area (Å²) in [5.41, 5.74) is 1.38. The Morgan fingerprint density at radius 2 is 2.00 bits per heavy atom. The first-order valence-electron chi connectivity index (χ1n) is 7.51. The fourth-order valence-electron chi connectivity index (χ4n) is 2.51. The van der Waals surface area contributed by atoms with Gasteiger partial charge in [0.05, 0.1) is 0 Å². The number of rotatable bonds is 5. The van der Waals surface area contributed by atoms with E-state index in [9.17, 15) is 4.79 Å². The Kier molecular flexibility index (Phi) is 5.86. The first kappa shape index (κ1) is 15.3. The van der Waals surface area contributed by atoms with Gasteiger partial charge < -0.3 is 10.2 Å². The molecular weight excluding hydrogens is 270 g/mol. The van der Waals surface area contributed by atoms with Crippen molar-refractivity contribution >= 4 is 17.4 Å². The summed E-state index contributed by atoms with van der Waals surface area (Å²) in [6.07, 6.45) is 2.00. The van der Waals surface area contributed by atoms with Crippen molar-refractivity contribution in [3.8, 4) is 0 Å². The van der Waals surface area contributed by atoms with Crippen molar-refractivity contribution in [2.24, 2.45) is 0 Å². The van der Waals surface area contributed by atoms with Gasteiger partial charge in [0, 0.05) is 38.8 Å². The van der Waals surface area contributed by atoms with Crippen molar-refractivity contribution < 1.29 is 4.79 Å². The lowest BCUT2D eigenvalue weighted by Crippen LogP contribution is -2.53. The standard InChI is InChI=1S/C15H25N3OS/c1-3-14(4-2)16-15(19)18-8-6-17(7-9-18)11-13-5-10-20-12-13/h5,10,12,14H,3-4,6-9,11H2,1-2H3,(H,16,19). The lowest BCUT2D eigenvalue weighted by atomic mass is 10.2. The highest BCUT2D eigenvalue weighted by Crippen LogP contribution is 2.12. The van der Waals surface area contributed by atoms with Gasteiger partial charge in [0.2, 0.25) is 0 Å². The van der Waals surface area contributed by atoms with Crippen molar-refractivity contribution in [1.29, 1.82) is 0 Å². The molecule has 1 aliphatic heterocycles. The molecule has 4 nitrogen and oxygen atoms in total. The quantitative estimate of drug-likeness (QED) is 0.906. The van der Waals surface area contributed by atoms with E-state index < -0.39 is 0 Å². The third kappa shape index (κ3) is 4.21. The van der Waals surface area contributed by atoms with Crippen LogP contribution in [-0.2, 0) is 6.54 Å². The number of amides is 2. The van der Waals surface area contributed by atoms with Crippen molar-refractivity contribution in [2.75, 3.05) is 26.2 Å². The van der Waals surface area contributed by atoms with Crippen LogP contribution in [0.15, 0.2) is 16.8 Å². The van der Waals surface area contributed by atoms with Gasteiger partial charge in [0.25, 0.3) is 0 Å². The molecule has 112 valence electrons. The van der Waals surface area contributed by atoms with E-state index in [1.165, 1.54) is 5.56 Å². The van der Waals surface area contributed by atoms with Crippen molar-refractivity contribution in [3.05, 3.63) is 22.4 Å². The van der Waals surface area contributed by atoms with Crippen LogP contribution in [0.3, 0.4) is 0 Å². The first-order chi connectivity index (χ1) is 9.72. The molecule has 0 aliphatic carbocycles. The molecule has 5 heteroatoms. The predicted molar refractivity (Wildman–Crippen MR) is 84.1 cm³/mol. The van der Waals surface area contributed by atoms with E-state index in [-0.39, 0.29) is 6.03 Å². The monoisotopic (exact) mass is 295 g/mol. The van der Waals surface area contributed by atoms with Crippen LogP contribution in [0.1, 0.15) is 32.3 Å². The van der Waals surface area contributed by atoms with Crippen LogP contribution in [-0.4, -0.2) is 48.1 Å². The molecule has 1 N–H and O–H groups in total. The van der Waals surface area contributed by atoms with Gasteiger partial charge in [-0.15, -0.1) is 0 Å². The first-order valence-corrected chi connectivity index (χ1v) is 8.46. The van der Waals surface area contributed by atoms with Crippen LogP contribution in [0, 0.1) is 0 Å². The molecule has 0 unspecified atom stereocenters. The Morgan fingerprint density at radius 1 is 1.30 bits per heavy atom. The molecule has 0 bridgehead atoms. The van der Waals surface area contributed by atoms with Gasteiger partial charge in [-0.25, -0.2) is 4.79 Å². The second-order valence-electron chi connectivity index (χ2n) is 5.36. The molecule has 0 atom stereocenters. The second-order valence-corrected chi connectivity index (χ2v) is 6.14. The normalized spacial score (nSPS) is 16.6. The summed E-state index contributed by atoms with van der Waals surface area (Å²) in [5.74, 6) is 0. The van der Waals surface area contributed by atoms with E-state index >= 15 is 0 Å². The molecule has 0 aromatic carbocycles. The largest absolute Gasteiger partial charge is 0.335 e. The highest BCUT2D eigenvalue weighted by molar-refractivity contribution is 7.07. The van der Waals surface area contributed by atoms with E-state index in [4.69, 9.17) is 0 Å². The summed E-state index contributed by atoms with van der Waals surface area (Å²) in [6.45, 7) is 8.83. The van der Waals surface area contributed by atoms with Crippen LogP contribution in [0.5, 0.6) is 0 Å². The number of carbonyl (C=O) groups is 1. The van der Waals surface area contributed by atoms with Crippen LogP contribution in [0.25, 0.3) is 0 Å². The highest BCUT2D eigenvalue weighted by Gasteiger charge is 2.22. The van der Waals surface area contributed by atoms with Crippen LogP contribution >= 0.6 is 11.3 Å². The van der Waals surface area contributed by atoms with Crippen LogP contribution < -0.4 is 5.32 Å². The Hall–Kier alpha value is -1.07. The molecule has 2 heterocycles. The minimum absolute atomic E-state index is 0.105. The molecule has 0 radical (unpaired) electrons. The number of nitrogens with zero attached hydrogens (tertiary/aromatic N) is 2. The zero-order chi connectivity index (χ0) is 14.4. The van der Waals surface area contributed by atoms with E-state index in [2.05, 4.69) is 40.9 Å². The number of carbonyl (C=O) groups excluding carboxylic acids is 1. The average Bonchev–Trinajstić information content (AvgIpc) is 2.98. The lowest BCUT2D eigenvalue weighted by Gasteiger charge is -2.35. The van der Waals surface area contributed by atoms with E-state index in [1.54, 1.807) is 11.3 Å². The Morgan fingerprint density at radius 3 is 2.55 bits per heavy atom. The van der Waals surface area contributed by atoms with Crippen molar-refractivity contribution in [1.82, 2.24) is 15.1 Å². The highest BCUT2D eigenvalue weighted by atomic mass is 32.1. The topological polar surface area (TPSA) is 35.6 Å². The third-order valence-corrected chi connectivity index (χ3v) is 4.69. The molecule has 2 rings (SSSR count). The number of hydrogen-bond acceptors (Lipinski definition) is 3. The van der Waals surface area contributed by atoms with Crippen molar-refractivity contribution in [2.45, 2.75) is 39.3 Å². The summed E-state index contributed by atoms with van der Waals surface area (Å²) in [7, 11) is 0. The number of urea groups is 1. The summed E-state index contributed by atoms with van der Waals surface area (Å²) >= 11 is 1.74. The number of hydrogen-bond donors (Lipinski definition) is 1. The molecule has 1 aliphatic rings. The second kappa shape index (κ2) is 7.64. The van der Waals surface area contributed by atoms with Gasteiger partial charge in [-0.3, -0.25) is 4.90 Å². The van der Waals surface area contributed by atoms with Gasteiger partial charge >= 0.3 is 6.03 Å². The summed E-state index contributed by atoms with van der Waals surface area (Å²) in [6, 6.07) is 2.59. The SMILES string of the molecule is CCC(CC)NC(=O)N1CCN(Cc2ccsc2)CC1. The predicted octanol–water partition coefficient (Wildman–Crippen LogP) is 2.76. The molecule has 0 spiro atoms. The Bertz CT molecular complexity index is 395. The molecule has 1 aromatic rings. The van der Waals surface area contributed by atoms with Crippen molar-refractivity contribution in [3.63, 3.8) is 0 Å². The molecule has 1 saturated heterocycles. The van der Waals surface area contributed by atoms with Gasteiger partial charge in [-0.1, -0.05) is 13.8 Å². The zero-order valence-corrected chi connectivity index (χ0v) is 13.3. The zero-order valence-electron chi connectivity index (χ0n) is 12.5. The van der Waals surface area contributed by atoms with E-state index in [0.29, 0.717) is 6.04 Å². The van der Waals surface area contributed by atoms with E-state index in [0.717, 1.165) is 45.6 Å². The van der Waals surface area contributed by atoms with Gasteiger partial charge in [0.15, 0.2) is 0 Å². The maximum absolute atomic E-state index is 12.1. The maximum atomic E-state index is 12.1. The summed E-state index contributed by atoms with van der Waals surface area (Å²) in [5, 5.41) is 7.44. The van der Waals surface area contributed by atoms with E-state index in [1.807, 2.05) is 4.90 Å². The average molecular weight is 295 g/mol. The molecule has 0 saturated carbocycles. The molecule has 2 amide bonds. The Labute approximate surface area is 125 Å². The van der Waals surface area contributed by atoms with Gasteiger partial charge in [-0.2, -0.15) is 11.3 Å². The summed E-state index contributed by atoms with van der Waals surface area (Å²) < 4.78 is 0. The summed E-state index contributed by atoms with van der Waals surface area (Å²) in [4.78, 5) is 16.5. The number of nitrogens with one attached hydrogen (secondary N) is 1. The van der Waals surface area contributed by atoms with Gasteiger partial charge in [-0.05, 0) is 35.2 Å². The van der Waals surface area contributed by atoms with Gasteiger partial charge in [0.1, 0.15) is 0 Å². The van der Waals surface area contributed by atoms with Crippen LogP contribution in [0.2, 0.25) is 0 Å². The molecule has 1 aromatic heterocycles. The maximum Gasteiger partial charge on any atom is 0.317 e. The van der Waals surface area contributed by atoms with Crippen LogP contribution in [0.4, 0.5) is 4.79 Å². The fourth-order valence-corrected chi connectivity index (χ4v) is 3.17. The minimum Gasteiger partial charge on any atom is -0.335 e. The number of thiophene rings is 1. The minimum atomic E-state index is 0.105. The number of piperazine rings is 1. The molecule has 20 heavy (non-hydrogen) atoms. The smallest absolute Gasteiger partial charge is 0.317 e. The Balaban J connectivity index is 1.74. The third-order valence-electron chi connectivity index (χ3n) is 3.96. The fraction of sp³-hybridized carbons (Fsp3) is 0.667. The lowest BCUT2D eigenvalue weighted by molar-refractivity contribution is 0.133. The molecule has 1 fully saturated rings. The molecular formula is C15H25N3OS.